The van der Waals surface area contributed by atoms with E-state index in [0.717, 1.165) is 12.1 Å². The fourth-order valence-electron chi connectivity index (χ4n) is 1.98. The van der Waals surface area contributed by atoms with E-state index in [4.69, 9.17) is 10.5 Å². The maximum Gasteiger partial charge on any atom is 0.416 e. The minimum atomic E-state index is -4.34. The van der Waals surface area contributed by atoms with E-state index >= 15 is 0 Å². The highest BCUT2D eigenvalue weighted by Crippen LogP contribution is 2.35. The van der Waals surface area contributed by atoms with Gasteiger partial charge in [-0.3, -0.25) is 4.79 Å². The summed E-state index contributed by atoms with van der Waals surface area (Å²) in [5.74, 6) is -0.538. The lowest BCUT2D eigenvalue weighted by Crippen LogP contribution is -2.27. The Morgan fingerprint density at radius 3 is 2.28 bits per heavy atom. The lowest BCUT2D eigenvalue weighted by molar-refractivity contribution is -0.137. The topological polar surface area (TPSA) is 52.3 Å². The van der Waals surface area contributed by atoms with Gasteiger partial charge in [-0.05, 0) is 30.5 Å². The molecule has 3 nitrogen and oxygen atoms in total. The number of carbonyl (C=O) groups excluding carboxylic acids is 1. The zero-order valence-corrected chi connectivity index (χ0v) is 9.41. The van der Waals surface area contributed by atoms with Gasteiger partial charge in [0.1, 0.15) is 6.10 Å². The predicted octanol–water partition coefficient (Wildman–Crippen LogP) is 2.41. The van der Waals surface area contributed by atoms with Crippen LogP contribution < -0.4 is 5.73 Å². The molecule has 0 radical (unpaired) electrons. The first-order chi connectivity index (χ1) is 8.38. The van der Waals surface area contributed by atoms with Crippen molar-refractivity contribution in [3.63, 3.8) is 0 Å². The van der Waals surface area contributed by atoms with Crippen molar-refractivity contribution in [2.24, 2.45) is 5.73 Å². The fraction of sp³-hybridized carbons (Fsp3) is 0.417. The van der Waals surface area contributed by atoms with Crippen molar-refractivity contribution in [3.8, 4) is 0 Å². The van der Waals surface area contributed by atoms with Gasteiger partial charge in [-0.2, -0.15) is 13.2 Å². The van der Waals surface area contributed by atoms with Gasteiger partial charge in [0.15, 0.2) is 0 Å². The molecule has 1 aromatic carbocycles. The molecule has 0 unspecified atom stereocenters. The monoisotopic (exact) mass is 259 g/mol. The SMILES string of the molecule is NC(=O)[C@@H]1CC[C@@H](c2ccc(C(F)(F)F)cc2)O1. The highest BCUT2D eigenvalue weighted by atomic mass is 19.4. The standard InChI is InChI=1S/C12H12F3NO2/c13-12(14,15)8-3-1-7(2-4-8)9-5-6-10(18-9)11(16)17/h1-4,9-10H,5-6H2,(H2,16,17)/t9-,10-/m0/s1. The molecule has 2 atom stereocenters. The summed E-state index contributed by atoms with van der Waals surface area (Å²) in [6.45, 7) is 0. The number of alkyl halides is 3. The predicted molar refractivity (Wildman–Crippen MR) is 57.5 cm³/mol. The van der Waals surface area contributed by atoms with Gasteiger partial charge in [-0.1, -0.05) is 12.1 Å². The van der Waals surface area contributed by atoms with Gasteiger partial charge in [-0.15, -0.1) is 0 Å². The van der Waals surface area contributed by atoms with Gasteiger partial charge < -0.3 is 10.5 Å². The van der Waals surface area contributed by atoms with E-state index in [1.54, 1.807) is 0 Å². The van der Waals surface area contributed by atoms with Crippen molar-refractivity contribution in [3.05, 3.63) is 35.4 Å². The zero-order valence-electron chi connectivity index (χ0n) is 9.41. The summed E-state index contributed by atoms with van der Waals surface area (Å²) >= 11 is 0. The molecule has 2 rings (SSSR count). The summed E-state index contributed by atoms with van der Waals surface area (Å²) in [5.41, 5.74) is 5.04. The molecule has 1 heterocycles. The largest absolute Gasteiger partial charge is 0.416 e. The molecular weight excluding hydrogens is 247 g/mol. The van der Waals surface area contributed by atoms with Crippen LogP contribution in [0.4, 0.5) is 13.2 Å². The first-order valence-electron chi connectivity index (χ1n) is 5.50. The molecule has 98 valence electrons. The number of benzene rings is 1. The van der Waals surface area contributed by atoms with Crippen LogP contribution in [0.2, 0.25) is 0 Å². The van der Waals surface area contributed by atoms with Crippen molar-refractivity contribution in [1.82, 2.24) is 0 Å². The summed E-state index contributed by atoms with van der Waals surface area (Å²) < 4.78 is 42.5. The Bertz CT molecular complexity index is 442. The van der Waals surface area contributed by atoms with Crippen LogP contribution in [0, 0.1) is 0 Å². The maximum atomic E-state index is 12.4. The van der Waals surface area contributed by atoms with Gasteiger partial charge in [0.25, 0.3) is 0 Å². The molecule has 0 aromatic heterocycles. The van der Waals surface area contributed by atoms with Gasteiger partial charge in [0, 0.05) is 0 Å². The van der Waals surface area contributed by atoms with Crippen LogP contribution in [-0.4, -0.2) is 12.0 Å². The first-order valence-corrected chi connectivity index (χ1v) is 5.50. The molecule has 1 aromatic rings. The van der Waals surface area contributed by atoms with Crippen LogP contribution in [-0.2, 0) is 15.7 Å². The minimum absolute atomic E-state index is 0.357. The Morgan fingerprint density at radius 1 is 1.22 bits per heavy atom. The Balaban J connectivity index is 2.10. The Labute approximate surface area is 102 Å². The number of carbonyl (C=O) groups is 1. The molecule has 1 fully saturated rings. The average molecular weight is 259 g/mol. The number of amides is 1. The van der Waals surface area contributed by atoms with Crippen molar-refractivity contribution >= 4 is 5.91 Å². The first kappa shape index (κ1) is 12.9. The van der Waals surface area contributed by atoms with Crippen LogP contribution in [0.25, 0.3) is 0 Å². The van der Waals surface area contributed by atoms with E-state index in [-0.39, 0.29) is 6.10 Å². The number of ether oxygens (including phenoxy) is 1. The van der Waals surface area contributed by atoms with E-state index in [9.17, 15) is 18.0 Å². The molecular formula is C12H12F3NO2. The normalized spacial score (nSPS) is 24.2. The molecule has 0 spiro atoms. The summed E-state index contributed by atoms with van der Waals surface area (Å²) in [6.07, 6.45) is -4.26. The van der Waals surface area contributed by atoms with Gasteiger partial charge in [0.2, 0.25) is 5.91 Å². The second-order valence-corrected chi connectivity index (χ2v) is 4.21. The molecule has 0 aliphatic carbocycles. The van der Waals surface area contributed by atoms with Gasteiger partial charge in [0.05, 0.1) is 11.7 Å². The second kappa shape index (κ2) is 4.61. The molecule has 18 heavy (non-hydrogen) atoms. The molecule has 0 saturated carbocycles. The van der Waals surface area contributed by atoms with Crippen LogP contribution in [0.1, 0.15) is 30.1 Å². The fourth-order valence-corrected chi connectivity index (χ4v) is 1.98. The summed E-state index contributed by atoms with van der Waals surface area (Å²) in [7, 11) is 0. The van der Waals surface area contributed by atoms with E-state index in [0.29, 0.717) is 18.4 Å². The third-order valence-electron chi connectivity index (χ3n) is 2.95. The van der Waals surface area contributed by atoms with Crippen LogP contribution >= 0.6 is 0 Å². The number of nitrogens with two attached hydrogens (primary N) is 1. The van der Waals surface area contributed by atoms with Crippen LogP contribution in [0.5, 0.6) is 0 Å². The average Bonchev–Trinajstić information content (AvgIpc) is 2.77. The third-order valence-corrected chi connectivity index (χ3v) is 2.95. The van der Waals surface area contributed by atoms with Crippen molar-refractivity contribution in [2.75, 3.05) is 0 Å². The highest BCUT2D eigenvalue weighted by Gasteiger charge is 2.32. The summed E-state index contributed by atoms with van der Waals surface area (Å²) in [5, 5.41) is 0. The second-order valence-electron chi connectivity index (χ2n) is 4.21. The molecule has 1 amide bonds. The minimum Gasteiger partial charge on any atom is -0.367 e. The van der Waals surface area contributed by atoms with E-state index in [2.05, 4.69) is 0 Å². The summed E-state index contributed by atoms with van der Waals surface area (Å²) in [6, 6.07) is 4.76. The molecule has 0 bridgehead atoms. The highest BCUT2D eigenvalue weighted by molar-refractivity contribution is 5.79. The van der Waals surface area contributed by atoms with Gasteiger partial charge >= 0.3 is 6.18 Å². The number of primary amides is 1. The van der Waals surface area contributed by atoms with Crippen molar-refractivity contribution in [1.29, 1.82) is 0 Å². The van der Waals surface area contributed by atoms with Crippen molar-refractivity contribution in [2.45, 2.75) is 31.2 Å². The molecule has 1 aliphatic heterocycles. The molecule has 1 aliphatic rings. The molecule has 1 saturated heterocycles. The van der Waals surface area contributed by atoms with Crippen molar-refractivity contribution < 1.29 is 22.7 Å². The van der Waals surface area contributed by atoms with E-state index < -0.39 is 23.8 Å². The van der Waals surface area contributed by atoms with Crippen LogP contribution in [0.3, 0.4) is 0 Å². The number of hydrogen-bond acceptors (Lipinski definition) is 2. The number of rotatable bonds is 2. The van der Waals surface area contributed by atoms with Crippen LogP contribution in [0.15, 0.2) is 24.3 Å². The lowest BCUT2D eigenvalue weighted by Gasteiger charge is -2.13. The zero-order chi connectivity index (χ0) is 13.3. The van der Waals surface area contributed by atoms with E-state index in [1.165, 1.54) is 12.1 Å². The van der Waals surface area contributed by atoms with E-state index in [1.807, 2.05) is 0 Å². The number of hydrogen-bond donors (Lipinski definition) is 1. The summed E-state index contributed by atoms with van der Waals surface area (Å²) in [4.78, 5) is 10.9. The lowest BCUT2D eigenvalue weighted by atomic mass is 10.0. The molecule has 2 N–H and O–H groups in total. The smallest absolute Gasteiger partial charge is 0.367 e. The Hall–Kier alpha value is -1.56. The Kier molecular flexibility index (Phi) is 3.30. The maximum absolute atomic E-state index is 12.4. The quantitative estimate of drug-likeness (QED) is 0.886. The van der Waals surface area contributed by atoms with Gasteiger partial charge in [-0.25, -0.2) is 0 Å². The third kappa shape index (κ3) is 2.64. The Morgan fingerprint density at radius 2 is 1.83 bits per heavy atom. The number of halogens is 3. The molecule has 6 heteroatoms.